The minimum atomic E-state index is -0.672. The van der Waals surface area contributed by atoms with E-state index in [9.17, 15) is 0 Å². The van der Waals surface area contributed by atoms with Crippen molar-refractivity contribution < 1.29 is 0 Å². The van der Waals surface area contributed by atoms with Crippen molar-refractivity contribution in [2.45, 2.75) is 30.4 Å². The molecule has 4 aliphatic rings. The Labute approximate surface area is 667 Å². The van der Waals surface area contributed by atoms with Gasteiger partial charge < -0.3 is 0 Å². The van der Waals surface area contributed by atoms with Crippen LogP contribution in [0.4, 0.5) is 0 Å². The van der Waals surface area contributed by atoms with Gasteiger partial charge in [0.15, 0.2) is 23.3 Å². The van der Waals surface area contributed by atoms with Crippen LogP contribution in [-0.4, -0.2) is 24.9 Å². The average molecular weight is 1480 g/mol. The first-order valence-corrected chi connectivity index (χ1v) is 40.5. The summed E-state index contributed by atoms with van der Waals surface area (Å²) in [6.07, 6.45) is 0. The summed E-state index contributed by atoms with van der Waals surface area (Å²) >= 11 is 3.85. The summed E-state index contributed by atoms with van der Waals surface area (Å²) in [4.78, 5) is 32.8. The van der Waals surface area contributed by atoms with Crippen LogP contribution in [0.2, 0.25) is 0 Å². The molecular formula is C107H63N5S2. The van der Waals surface area contributed by atoms with E-state index in [-0.39, 0.29) is 0 Å². The third kappa shape index (κ3) is 9.61. The van der Waals surface area contributed by atoms with Crippen LogP contribution in [-0.2, 0) is 10.8 Å². The van der Waals surface area contributed by atoms with Gasteiger partial charge >= 0.3 is 0 Å². The second-order valence-corrected chi connectivity index (χ2v) is 32.4. The molecule has 2 aliphatic carbocycles. The Morgan fingerprint density at radius 1 is 0.175 bits per heavy atom. The van der Waals surface area contributed by atoms with Gasteiger partial charge in [-0.15, -0.1) is 0 Å². The zero-order valence-corrected chi connectivity index (χ0v) is 63.1. The molecule has 0 N–H and O–H groups in total. The Bertz CT molecular complexity index is 7310. The molecule has 2 spiro atoms. The number of nitrogens with zero attached hydrogens (tertiary/aromatic N) is 5. The van der Waals surface area contributed by atoms with Crippen LogP contribution in [0.25, 0.3) is 166 Å². The van der Waals surface area contributed by atoms with Gasteiger partial charge in [0.1, 0.15) is 0 Å². The third-order valence-corrected chi connectivity index (χ3v) is 27.0. The molecule has 0 saturated carbocycles. The van der Waals surface area contributed by atoms with E-state index in [0.29, 0.717) is 23.3 Å². The number of fused-ring (bicyclic) bond motifs is 27. The van der Waals surface area contributed by atoms with Gasteiger partial charge in [-0.2, -0.15) is 0 Å². The summed E-state index contributed by atoms with van der Waals surface area (Å²) in [6.45, 7) is 0. The minimum Gasteiger partial charge on any atom is -0.227 e. The van der Waals surface area contributed by atoms with Gasteiger partial charge in [-0.1, -0.05) is 388 Å². The Morgan fingerprint density at radius 2 is 0.500 bits per heavy atom. The molecular weight excluding hydrogens is 1420 g/mol. The van der Waals surface area contributed by atoms with Crippen LogP contribution in [0.5, 0.6) is 0 Å². The lowest BCUT2D eigenvalue weighted by molar-refractivity contribution is 0.729. The second kappa shape index (κ2) is 25.3. The smallest absolute Gasteiger partial charge is 0.164 e. The highest BCUT2D eigenvalue weighted by molar-refractivity contribution is 8.00. The second-order valence-electron chi connectivity index (χ2n) is 30.3. The molecule has 2 aromatic heterocycles. The standard InChI is InChI=1S/C107H63N5S2/c1-3-21-64(22-4-1)65-41-45-71(46-42-65)96-87-38-20-37-78(97(87)109-104(108-96)77-50-56-86-84-36-16-18-40-89(84)107(95(86)63-77)92-59-53-69-25-9-13-33-81(69)100(92)114-101-82-34-14-10-26-70(82)54-60-93(101)107)75-29-19-30-76(61-75)105-111-102(72-27-5-2-6-28-72)110-103(112-105)73-47-43-66(44-48-73)74-49-55-85-83-35-15-17-39-88(83)106(94(85)62-74)90-57-51-67-23-7-11-31-79(67)98(90)113-99-80-32-12-8-24-68(80)52-58-91(99)106/h1-63H. The highest BCUT2D eigenvalue weighted by Crippen LogP contribution is 2.67. The SMILES string of the molecule is c1ccc(-c2ccc(-c3nc(-c4ccc5c(c4)C4(c6ccccc6-5)c5ccc6ccccc6c5Sc5c4ccc4ccccc54)nc4c(-c5cccc(-c6nc(-c7ccccc7)nc(-c7ccc(-c8ccc9c(c8)C8(c%10ccccc%10-9)c9ccc%10ccccc%10c9Sc9c8ccc8ccccc98)cc7)n6)c5)cccc34)cc2)cc1. The van der Waals surface area contributed by atoms with E-state index >= 15 is 0 Å². The zero-order valence-electron chi connectivity index (χ0n) is 61.4. The lowest BCUT2D eigenvalue weighted by Crippen LogP contribution is -2.32. The van der Waals surface area contributed by atoms with E-state index < -0.39 is 10.8 Å². The molecule has 0 radical (unpaired) electrons. The predicted molar refractivity (Wildman–Crippen MR) is 469 cm³/mol. The van der Waals surface area contributed by atoms with Gasteiger partial charge in [0.25, 0.3) is 0 Å². The first kappa shape index (κ1) is 64.8. The highest BCUT2D eigenvalue weighted by atomic mass is 32.2. The van der Waals surface area contributed by atoms with E-state index in [4.69, 9.17) is 24.9 Å². The molecule has 4 heterocycles. The lowest BCUT2D eigenvalue weighted by Gasteiger charge is -2.40. The van der Waals surface area contributed by atoms with Crippen LogP contribution < -0.4 is 0 Å². The van der Waals surface area contributed by atoms with Crippen molar-refractivity contribution in [1.29, 1.82) is 0 Å². The highest BCUT2D eigenvalue weighted by Gasteiger charge is 2.53. The van der Waals surface area contributed by atoms with Gasteiger partial charge in [0.2, 0.25) is 0 Å². The number of hydrogen-bond donors (Lipinski definition) is 0. The molecule has 0 atom stereocenters. The molecule has 528 valence electrons. The zero-order chi connectivity index (χ0) is 74.7. The summed E-state index contributed by atoms with van der Waals surface area (Å²) < 4.78 is 0. The summed E-state index contributed by atoms with van der Waals surface area (Å²) in [5.74, 6) is 2.37. The van der Waals surface area contributed by atoms with E-state index in [1.54, 1.807) is 0 Å². The summed E-state index contributed by atoms with van der Waals surface area (Å²) in [5, 5.41) is 10.9. The normalized spacial score (nSPS) is 13.5. The Kier molecular flexibility index (Phi) is 14.4. The van der Waals surface area contributed by atoms with Crippen molar-refractivity contribution in [3.05, 3.63) is 427 Å². The fourth-order valence-electron chi connectivity index (χ4n) is 19.3. The van der Waals surface area contributed by atoms with Gasteiger partial charge in [-0.25, -0.2) is 24.9 Å². The van der Waals surface area contributed by atoms with Crippen LogP contribution in [0.3, 0.4) is 0 Å². The van der Waals surface area contributed by atoms with Crippen LogP contribution in [0, 0.1) is 0 Å². The number of aromatic nitrogens is 5. The molecule has 114 heavy (non-hydrogen) atoms. The first-order chi connectivity index (χ1) is 56.5. The van der Waals surface area contributed by atoms with Gasteiger partial charge in [-0.3, -0.25) is 0 Å². The quantitative estimate of drug-likeness (QED) is 0.150. The summed E-state index contributed by atoms with van der Waals surface area (Å²) in [7, 11) is 0. The molecule has 24 rings (SSSR count). The number of para-hydroxylation sites is 1. The van der Waals surface area contributed by atoms with E-state index in [2.05, 4.69) is 364 Å². The maximum atomic E-state index is 5.82. The molecule has 0 unspecified atom stereocenters. The number of rotatable bonds is 8. The number of hydrogen-bond acceptors (Lipinski definition) is 7. The van der Waals surface area contributed by atoms with Gasteiger partial charge in [-0.05, 0) is 156 Å². The van der Waals surface area contributed by atoms with Crippen LogP contribution in [0.15, 0.2) is 402 Å². The maximum Gasteiger partial charge on any atom is 0.164 e. The molecule has 0 fully saturated rings. The van der Waals surface area contributed by atoms with Gasteiger partial charge in [0.05, 0.1) is 22.0 Å². The van der Waals surface area contributed by atoms with Crippen molar-refractivity contribution in [2.24, 2.45) is 0 Å². The molecule has 20 aromatic rings. The van der Waals surface area contributed by atoms with Gasteiger partial charge in [0, 0.05) is 58.3 Å². The summed E-state index contributed by atoms with van der Waals surface area (Å²) in [6, 6.07) is 140. The van der Waals surface area contributed by atoms with Crippen LogP contribution in [0.1, 0.15) is 44.5 Å². The Hall–Kier alpha value is -14.0. The average Bonchev–Trinajstić information content (AvgIpc) is 1.42. The first-order valence-electron chi connectivity index (χ1n) is 38.9. The van der Waals surface area contributed by atoms with Crippen molar-refractivity contribution in [3.63, 3.8) is 0 Å². The van der Waals surface area contributed by atoms with Crippen LogP contribution >= 0.6 is 23.5 Å². The predicted octanol–water partition coefficient (Wildman–Crippen LogP) is 27.4. The third-order valence-electron chi connectivity index (χ3n) is 24.5. The molecule has 2 aliphatic heterocycles. The monoisotopic (exact) mass is 1480 g/mol. The Balaban J connectivity index is 0.645. The van der Waals surface area contributed by atoms with Crippen molar-refractivity contribution >= 4 is 77.5 Å². The molecule has 7 heteroatoms. The molecule has 5 nitrogen and oxygen atoms in total. The summed E-state index contributed by atoms with van der Waals surface area (Å²) in [5.41, 5.74) is 26.7. The molecule has 0 saturated heterocycles. The molecule has 0 bridgehead atoms. The van der Waals surface area contributed by atoms with Crippen molar-refractivity contribution in [3.8, 4) is 112 Å². The Morgan fingerprint density at radius 3 is 1.02 bits per heavy atom. The van der Waals surface area contributed by atoms with E-state index in [0.717, 1.165) is 77.8 Å². The van der Waals surface area contributed by atoms with E-state index in [1.165, 1.54) is 129 Å². The largest absolute Gasteiger partial charge is 0.227 e. The maximum absolute atomic E-state index is 5.82. The molecule has 18 aromatic carbocycles. The van der Waals surface area contributed by atoms with Crippen molar-refractivity contribution in [1.82, 2.24) is 24.9 Å². The number of benzene rings is 18. The topological polar surface area (TPSA) is 64.5 Å². The minimum absolute atomic E-state index is 0.563. The van der Waals surface area contributed by atoms with E-state index in [1.807, 2.05) is 41.7 Å². The van der Waals surface area contributed by atoms with Crippen molar-refractivity contribution in [2.75, 3.05) is 0 Å². The molecule has 0 amide bonds. The lowest BCUT2D eigenvalue weighted by atomic mass is 9.66. The fraction of sp³-hybridized carbons (Fsp3) is 0.0187. The fourth-order valence-corrected chi connectivity index (χ4v) is 22.2.